The highest BCUT2D eigenvalue weighted by Gasteiger charge is 2.11. The van der Waals surface area contributed by atoms with Crippen molar-refractivity contribution in [2.75, 3.05) is 7.11 Å². The fraction of sp³-hybridized carbons (Fsp3) is 0.0909. The van der Waals surface area contributed by atoms with Crippen LogP contribution >= 0.6 is 0 Å². The molecule has 0 atom stereocenters. The Morgan fingerprint density at radius 2 is 1.88 bits per heavy atom. The minimum atomic E-state index is -1.20. The van der Waals surface area contributed by atoms with E-state index >= 15 is 0 Å². The molecule has 1 aromatic carbocycles. The van der Waals surface area contributed by atoms with E-state index < -0.39 is 11.9 Å². The molecule has 3 N–H and O–H groups in total. The number of rotatable bonds is 4. The van der Waals surface area contributed by atoms with Crippen LogP contribution in [0.25, 0.3) is 5.57 Å². The van der Waals surface area contributed by atoms with Crippen molar-refractivity contribution in [2.24, 2.45) is 5.73 Å². The van der Waals surface area contributed by atoms with Crippen LogP contribution in [0.1, 0.15) is 5.56 Å². The summed E-state index contributed by atoms with van der Waals surface area (Å²) in [5, 5.41) is 8.89. The standard InChI is InChI=1S/C11H11NO4/c1-16-8-4-2-7(3-5-8)9(11(14)15)6-10(12)13/h2-6H,1H3,(H2,12,13)(H,14,15)/b9-6-. The molecule has 1 rings (SSSR count). The predicted octanol–water partition coefficient (Wildman–Crippen LogP) is 0.648. The van der Waals surface area contributed by atoms with Gasteiger partial charge in [0.2, 0.25) is 5.91 Å². The number of ether oxygens (including phenoxy) is 1. The molecule has 0 fully saturated rings. The van der Waals surface area contributed by atoms with Crippen molar-refractivity contribution in [3.05, 3.63) is 35.9 Å². The maximum Gasteiger partial charge on any atom is 0.336 e. The van der Waals surface area contributed by atoms with Gasteiger partial charge in [0.15, 0.2) is 0 Å². The fourth-order valence-corrected chi connectivity index (χ4v) is 1.18. The third-order valence-electron chi connectivity index (χ3n) is 1.92. The average Bonchev–Trinajstić information content (AvgIpc) is 2.25. The molecule has 1 amide bonds. The van der Waals surface area contributed by atoms with Crippen molar-refractivity contribution in [3.63, 3.8) is 0 Å². The van der Waals surface area contributed by atoms with Crippen LogP contribution in [0.4, 0.5) is 0 Å². The average molecular weight is 221 g/mol. The van der Waals surface area contributed by atoms with Gasteiger partial charge in [-0.3, -0.25) is 4.79 Å². The van der Waals surface area contributed by atoms with E-state index in [2.05, 4.69) is 0 Å². The Morgan fingerprint density at radius 3 is 2.25 bits per heavy atom. The molecule has 16 heavy (non-hydrogen) atoms. The summed E-state index contributed by atoms with van der Waals surface area (Å²) in [4.78, 5) is 21.6. The Kier molecular flexibility index (Phi) is 3.66. The molecule has 0 saturated carbocycles. The van der Waals surface area contributed by atoms with Gasteiger partial charge >= 0.3 is 5.97 Å². The molecular weight excluding hydrogens is 210 g/mol. The number of hydrogen-bond donors (Lipinski definition) is 2. The zero-order chi connectivity index (χ0) is 12.1. The van der Waals surface area contributed by atoms with E-state index in [0.717, 1.165) is 6.08 Å². The number of aliphatic carboxylic acids is 1. The number of carboxylic acids is 1. The van der Waals surface area contributed by atoms with E-state index in [-0.39, 0.29) is 5.57 Å². The van der Waals surface area contributed by atoms with Gasteiger partial charge in [0.05, 0.1) is 12.7 Å². The molecule has 0 saturated heterocycles. The molecule has 0 heterocycles. The van der Waals surface area contributed by atoms with Gasteiger partial charge in [-0.2, -0.15) is 0 Å². The first kappa shape index (κ1) is 11.8. The highest BCUT2D eigenvalue weighted by molar-refractivity contribution is 6.20. The van der Waals surface area contributed by atoms with Gasteiger partial charge in [0.25, 0.3) is 0 Å². The number of carboxylic acid groups (broad SMARTS) is 1. The third kappa shape index (κ3) is 2.84. The topological polar surface area (TPSA) is 89.6 Å². The fourth-order valence-electron chi connectivity index (χ4n) is 1.18. The third-order valence-corrected chi connectivity index (χ3v) is 1.92. The minimum Gasteiger partial charge on any atom is -0.497 e. The molecule has 5 nitrogen and oxygen atoms in total. The summed E-state index contributed by atoms with van der Waals surface area (Å²) in [7, 11) is 1.51. The molecule has 84 valence electrons. The number of carbonyl (C=O) groups is 2. The summed E-state index contributed by atoms with van der Waals surface area (Å²) in [6.07, 6.45) is 0.879. The van der Waals surface area contributed by atoms with E-state index in [0.29, 0.717) is 11.3 Å². The monoisotopic (exact) mass is 221 g/mol. The van der Waals surface area contributed by atoms with Crippen LogP contribution < -0.4 is 10.5 Å². The molecule has 0 bridgehead atoms. The number of benzene rings is 1. The van der Waals surface area contributed by atoms with Crippen LogP contribution in [-0.2, 0) is 9.59 Å². The number of primary amides is 1. The van der Waals surface area contributed by atoms with E-state index in [4.69, 9.17) is 15.6 Å². The van der Waals surface area contributed by atoms with Crippen LogP contribution in [-0.4, -0.2) is 24.1 Å². The quantitative estimate of drug-likeness (QED) is 0.730. The Labute approximate surface area is 92.1 Å². The first-order chi connectivity index (χ1) is 7.54. The highest BCUT2D eigenvalue weighted by Crippen LogP contribution is 2.18. The number of methoxy groups -OCH3 is 1. The van der Waals surface area contributed by atoms with Gasteiger partial charge in [-0.05, 0) is 17.7 Å². The molecule has 0 unspecified atom stereocenters. The molecule has 1 aromatic rings. The maximum atomic E-state index is 10.9. The predicted molar refractivity (Wildman–Crippen MR) is 57.8 cm³/mol. The van der Waals surface area contributed by atoms with Crippen molar-refractivity contribution >= 4 is 17.4 Å². The first-order valence-electron chi connectivity index (χ1n) is 4.43. The lowest BCUT2D eigenvalue weighted by molar-refractivity contribution is -0.130. The second-order valence-electron chi connectivity index (χ2n) is 2.99. The maximum absolute atomic E-state index is 10.9. The van der Waals surface area contributed by atoms with Gasteiger partial charge < -0.3 is 15.6 Å². The Morgan fingerprint density at radius 1 is 1.31 bits per heavy atom. The molecule has 0 aliphatic rings. The second-order valence-corrected chi connectivity index (χ2v) is 2.99. The lowest BCUT2D eigenvalue weighted by Gasteiger charge is -2.03. The molecular formula is C11H11NO4. The van der Waals surface area contributed by atoms with E-state index in [1.807, 2.05) is 0 Å². The second kappa shape index (κ2) is 4.97. The zero-order valence-corrected chi connectivity index (χ0v) is 8.64. The minimum absolute atomic E-state index is 0.143. The molecule has 0 radical (unpaired) electrons. The molecule has 0 spiro atoms. The first-order valence-corrected chi connectivity index (χ1v) is 4.43. The van der Waals surface area contributed by atoms with Crippen LogP contribution in [0.15, 0.2) is 30.3 Å². The summed E-state index contributed by atoms with van der Waals surface area (Å²) in [6, 6.07) is 6.30. The van der Waals surface area contributed by atoms with Crippen LogP contribution in [0.2, 0.25) is 0 Å². The van der Waals surface area contributed by atoms with Gasteiger partial charge in [-0.15, -0.1) is 0 Å². The molecule has 5 heteroatoms. The Hall–Kier alpha value is -2.30. The molecule has 0 aliphatic heterocycles. The lowest BCUT2D eigenvalue weighted by atomic mass is 10.1. The largest absolute Gasteiger partial charge is 0.497 e. The Bertz CT molecular complexity index is 434. The normalized spacial score (nSPS) is 10.9. The summed E-state index contributed by atoms with van der Waals surface area (Å²) < 4.78 is 4.93. The van der Waals surface area contributed by atoms with Crippen LogP contribution in [0, 0.1) is 0 Å². The van der Waals surface area contributed by atoms with Crippen molar-refractivity contribution in [2.45, 2.75) is 0 Å². The van der Waals surface area contributed by atoms with Crippen LogP contribution in [0.5, 0.6) is 5.75 Å². The number of hydrogen-bond acceptors (Lipinski definition) is 3. The van der Waals surface area contributed by atoms with Gasteiger partial charge in [-0.1, -0.05) is 12.1 Å². The zero-order valence-electron chi connectivity index (χ0n) is 8.64. The van der Waals surface area contributed by atoms with Gasteiger partial charge in [0, 0.05) is 6.08 Å². The lowest BCUT2D eigenvalue weighted by Crippen LogP contribution is -2.10. The summed E-state index contributed by atoms with van der Waals surface area (Å²) in [5.41, 5.74) is 5.17. The van der Waals surface area contributed by atoms with E-state index in [1.165, 1.54) is 7.11 Å². The Balaban J connectivity index is 3.12. The van der Waals surface area contributed by atoms with E-state index in [9.17, 15) is 9.59 Å². The smallest absolute Gasteiger partial charge is 0.336 e. The van der Waals surface area contributed by atoms with Crippen molar-refractivity contribution in [3.8, 4) is 5.75 Å². The SMILES string of the molecule is COc1ccc(/C(=C/C(N)=O)C(=O)O)cc1. The molecule has 0 aromatic heterocycles. The van der Waals surface area contributed by atoms with Crippen molar-refractivity contribution < 1.29 is 19.4 Å². The summed E-state index contributed by atoms with van der Waals surface area (Å²) in [6.45, 7) is 0. The molecule has 0 aliphatic carbocycles. The van der Waals surface area contributed by atoms with Crippen LogP contribution in [0.3, 0.4) is 0 Å². The number of nitrogens with two attached hydrogens (primary N) is 1. The van der Waals surface area contributed by atoms with Crippen molar-refractivity contribution in [1.29, 1.82) is 0 Å². The summed E-state index contributed by atoms with van der Waals surface area (Å²) >= 11 is 0. The number of carbonyl (C=O) groups excluding carboxylic acids is 1. The van der Waals surface area contributed by atoms with Crippen molar-refractivity contribution in [1.82, 2.24) is 0 Å². The van der Waals surface area contributed by atoms with E-state index in [1.54, 1.807) is 24.3 Å². The van der Waals surface area contributed by atoms with Gasteiger partial charge in [0.1, 0.15) is 5.75 Å². The summed E-state index contributed by atoms with van der Waals surface area (Å²) in [5.74, 6) is -1.40. The van der Waals surface area contributed by atoms with Gasteiger partial charge in [-0.25, -0.2) is 4.79 Å². The highest BCUT2D eigenvalue weighted by atomic mass is 16.5. The number of amides is 1.